The minimum absolute atomic E-state index is 0.0000922. The zero-order valence-electron chi connectivity index (χ0n) is 13.0. The molecular weight excluding hydrogens is 284 g/mol. The zero-order valence-corrected chi connectivity index (χ0v) is 13.7. The molecule has 1 aliphatic heterocycles. The number of nitrogens with zero attached hydrogens (tertiary/aromatic N) is 3. The lowest BCUT2D eigenvalue weighted by Crippen LogP contribution is -2.31. The number of aromatic nitrogens is 3. The van der Waals surface area contributed by atoms with E-state index in [2.05, 4.69) is 35.6 Å². The summed E-state index contributed by atoms with van der Waals surface area (Å²) in [5.74, 6) is 1.80. The van der Waals surface area contributed by atoms with Gasteiger partial charge in [-0.15, -0.1) is 0 Å². The van der Waals surface area contributed by atoms with Crippen molar-refractivity contribution in [2.45, 2.75) is 45.6 Å². The summed E-state index contributed by atoms with van der Waals surface area (Å²) in [5.41, 5.74) is 1.87. The fourth-order valence-electron chi connectivity index (χ4n) is 3.05. The maximum atomic E-state index is 6.07. The third-order valence-corrected chi connectivity index (χ3v) is 4.33. The van der Waals surface area contributed by atoms with Gasteiger partial charge in [-0.2, -0.15) is 0 Å². The molecule has 1 aliphatic rings. The molecule has 2 aromatic heterocycles. The summed E-state index contributed by atoms with van der Waals surface area (Å²) in [5, 5.41) is 4.07. The normalized spacial score (nSPS) is 17.5. The van der Waals surface area contributed by atoms with Crippen LogP contribution in [0, 0.1) is 5.92 Å². The molecule has 2 aromatic rings. The molecule has 114 valence electrons. The van der Waals surface area contributed by atoms with Crippen molar-refractivity contribution in [1.29, 1.82) is 0 Å². The van der Waals surface area contributed by atoms with Crippen LogP contribution in [0.25, 0.3) is 11.2 Å². The average Bonchev–Trinajstić information content (AvgIpc) is 2.78. The Balaban J connectivity index is 2.04. The summed E-state index contributed by atoms with van der Waals surface area (Å²) in [6.45, 7) is 9.83. The van der Waals surface area contributed by atoms with Crippen molar-refractivity contribution in [2.75, 3.05) is 13.1 Å². The lowest BCUT2D eigenvalue weighted by Gasteiger charge is -2.26. The Bertz CT molecular complexity index is 635. The van der Waals surface area contributed by atoms with Gasteiger partial charge in [-0.1, -0.05) is 32.4 Å². The maximum absolute atomic E-state index is 6.07. The van der Waals surface area contributed by atoms with Gasteiger partial charge in [-0.05, 0) is 37.9 Å². The van der Waals surface area contributed by atoms with E-state index >= 15 is 0 Å². The van der Waals surface area contributed by atoms with E-state index in [9.17, 15) is 0 Å². The highest BCUT2D eigenvalue weighted by atomic mass is 35.5. The smallest absolute Gasteiger partial charge is 0.160 e. The number of piperidine rings is 1. The Labute approximate surface area is 130 Å². The van der Waals surface area contributed by atoms with Crippen molar-refractivity contribution < 1.29 is 0 Å². The Morgan fingerprint density at radius 1 is 1.33 bits per heavy atom. The topological polar surface area (TPSA) is 42.7 Å². The second-order valence-corrected chi connectivity index (χ2v) is 7.42. The summed E-state index contributed by atoms with van der Waals surface area (Å²) in [4.78, 5) is 9.34. The van der Waals surface area contributed by atoms with Crippen LogP contribution in [0.2, 0.25) is 5.02 Å². The Morgan fingerprint density at radius 2 is 2.05 bits per heavy atom. The van der Waals surface area contributed by atoms with Crippen molar-refractivity contribution in [3.8, 4) is 0 Å². The van der Waals surface area contributed by atoms with Gasteiger partial charge < -0.3 is 9.88 Å². The summed E-state index contributed by atoms with van der Waals surface area (Å²) in [6, 6.07) is 1.91. The van der Waals surface area contributed by atoms with E-state index in [0.717, 1.165) is 36.6 Å². The van der Waals surface area contributed by atoms with E-state index in [1.165, 1.54) is 12.8 Å². The minimum atomic E-state index is 0.0000922. The predicted octanol–water partition coefficient (Wildman–Crippen LogP) is 3.38. The van der Waals surface area contributed by atoms with Gasteiger partial charge in [0, 0.05) is 18.2 Å². The summed E-state index contributed by atoms with van der Waals surface area (Å²) < 4.78 is 2.31. The molecule has 0 radical (unpaired) electrons. The Kier molecular flexibility index (Phi) is 3.93. The number of fused-ring (bicyclic) bond motifs is 1. The summed E-state index contributed by atoms with van der Waals surface area (Å²) in [6.07, 6.45) is 4.16. The summed E-state index contributed by atoms with van der Waals surface area (Å²) >= 11 is 6.07. The van der Waals surface area contributed by atoms with Crippen LogP contribution < -0.4 is 5.32 Å². The number of hydrogen-bond donors (Lipinski definition) is 1. The third kappa shape index (κ3) is 3.06. The minimum Gasteiger partial charge on any atom is -0.317 e. The fourth-order valence-corrected chi connectivity index (χ4v) is 3.21. The largest absolute Gasteiger partial charge is 0.317 e. The van der Waals surface area contributed by atoms with E-state index in [0.29, 0.717) is 10.9 Å². The number of pyridine rings is 1. The van der Waals surface area contributed by atoms with Gasteiger partial charge in [0.1, 0.15) is 11.3 Å². The molecule has 0 aromatic carbocycles. The molecule has 3 rings (SSSR count). The van der Waals surface area contributed by atoms with E-state index in [1.807, 2.05) is 6.07 Å². The van der Waals surface area contributed by atoms with E-state index in [4.69, 9.17) is 16.6 Å². The van der Waals surface area contributed by atoms with Crippen LogP contribution in [-0.2, 0) is 12.0 Å². The maximum Gasteiger partial charge on any atom is 0.160 e. The highest BCUT2D eigenvalue weighted by molar-refractivity contribution is 6.31. The molecule has 3 heterocycles. The SMILES string of the molecule is CC(C)(C)c1nc2cc(Cl)cnc2n1CC1CCNCC1. The number of hydrogen-bond acceptors (Lipinski definition) is 3. The van der Waals surface area contributed by atoms with Crippen LogP contribution in [0.4, 0.5) is 0 Å². The Hall–Kier alpha value is -1.13. The molecule has 0 saturated carbocycles. The molecule has 1 saturated heterocycles. The van der Waals surface area contributed by atoms with Crippen molar-refractivity contribution in [3.05, 3.63) is 23.1 Å². The van der Waals surface area contributed by atoms with Gasteiger partial charge in [-0.25, -0.2) is 9.97 Å². The molecule has 1 fully saturated rings. The van der Waals surface area contributed by atoms with E-state index in [-0.39, 0.29) is 5.41 Å². The first-order valence-electron chi connectivity index (χ1n) is 7.68. The monoisotopic (exact) mass is 306 g/mol. The number of halogens is 1. The molecule has 0 amide bonds. The van der Waals surface area contributed by atoms with E-state index in [1.54, 1.807) is 6.20 Å². The van der Waals surface area contributed by atoms with Crippen LogP contribution >= 0.6 is 11.6 Å². The van der Waals surface area contributed by atoms with Crippen LogP contribution in [0.15, 0.2) is 12.3 Å². The van der Waals surface area contributed by atoms with Crippen LogP contribution in [0.1, 0.15) is 39.4 Å². The van der Waals surface area contributed by atoms with Gasteiger partial charge in [0.2, 0.25) is 0 Å². The van der Waals surface area contributed by atoms with Crippen LogP contribution in [-0.4, -0.2) is 27.6 Å². The number of nitrogens with one attached hydrogen (secondary N) is 1. The van der Waals surface area contributed by atoms with Crippen LogP contribution in [0.3, 0.4) is 0 Å². The molecule has 1 N–H and O–H groups in total. The first-order valence-corrected chi connectivity index (χ1v) is 8.06. The molecular formula is C16H23ClN4. The first-order chi connectivity index (χ1) is 9.95. The lowest BCUT2D eigenvalue weighted by molar-refractivity contribution is 0.325. The van der Waals surface area contributed by atoms with Gasteiger partial charge >= 0.3 is 0 Å². The lowest BCUT2D eigenvalue weighted by atomic mass is 9.94. The van der Waals surface area contributed by atoms with Gasteiger partial charge in [-0.3, -0.25) is 0 Å². The van der Waals surface area contributed by atoms with Crippen molar-refractivity contribution in [1.82, 2.24) is 19.9 Å². The third-order valence-electron chi connectivity index (χ3n) is 4.12. The summed E-state index contributed by atoms with van der Waals surface area (Å²) in [7, 11) is 0. The second kappa shape index (κ2) is 5.58. The molecule has 4 nitrogen and oxygen atoms in total. The van der Waals surface area contributed by atoms with Crippen LogP contribution in [0.5, 0.6) is 0 Å². The zero-order chi connectivity index (χ0) is 15.0. The molecule has 0 bridgehead atoms. The highest BCUT2D eigenvalue weighted by Crippen LogP contribution is 2.28. The predicted molar refractivity (Wildman–Crippen MR) is 86.8 cm³/mol. The van der Waals surface area contributed by atoms with E-state index < -0.39 is 0 Å². The van der Waals surface area contributed by atoms with Gasteiger partial charge in [0.25, 0.3) is 0 Å². The molecule has 0 spiro atoms. The fraction of sp³-hybridized carbons (Fsp3) is 0.625. The second-order valence-electron chi connectivity index (χ2n) is 6.99. The standard InChI is InChI=1S/C16H23ClN4/c1-16(2,3)15-20-13-8-12(17)9-19-14(13)21(15)10-11-4-6-18-7-5-11/h8-9,11,18H,4-7,10H2,1-3H3. The molecule has 21 heavy (non-hydrogen) atoms. The van der Waals surface area contributed by atoms with Gasteiger partial charge in [0.05, 0.1) is 5.02 Å². The molecule has 0 atom stereocenters. The molecule has 5 heteroatoms. The number of imidazole rings is 1. The Morgan fingerprint density at radius 3 is 2.71 bits per heavy atom. The molecule has 0 aliphatic carbocycles. The van der Waals surface area contributed by atoms with Crippen molar-refractivity contribution in [3.63, 3.8) is 0 Å². The highest BCUT2D eigenvalue weighted by Gasteiger charge is 2.25. The first kappa shape index (κ1) is 14.8. The average molecular weight is 307 g/mol. The van der Waals surface area contributed by atoms with Gasteiger partial charge in [0.15, 0.2) is 5.65 Å². The van der Waals surface area contributed by atoms with Crippen molar-refractivity contribution in [2.24, 2.45) is 5.92 Å². The van der Waals surface area contributed by atoms with Crippen molar-refractivity contribution >= 4 is 22.8 Å². The quantitative estimate of drug-likeness (QED) is 0.925. The number of rotatable bonds is 2. The molecule has 0 unspecified atom stereocenters.